The minimum absolute atomic E-state index is 0.443. The Morgan fingerprint density at radius 3 is 1.92 bits per heavy atom. The van der Waals surface area contributed by atoms with E-state index in [-0.39, 0.29) is 0 Å². The van der Waals surface area contributed by atoms with Gasteiger partial charge in [0.15, 0.2) is 0 Å². The summed E-state index contributed by atoms with van der Waals surface area (Å²) < 4.78 is 0. The number of hydrogen-bond acceptors (Lipinski definition) is 0. The van der Waals surface area contributed by atoms with E-state index >= 15 is 0 Å². The van der Waals surface area contributed by atoms with Crippen LogP contribution in [0.5, 0.6) is 0 Å². The number of allylic oxidation sites excluding steroid dienone is 1. The molecule has 3 aromatic carbocycles. The van der Waals surface area contributed by atoms with Gasteiger partial charge in [-0.25, -0.2) is 0 Å². The van der Waals surface area contributed by atoms with Crippen LogP contribution < -0.4 is 0 Å². The molecule has 37 heavy (non-hydrogen) atoms. The van der Waals surface area contributed by atoms with E-state index in [2.05, 4.69) is 139 Å². The van der Waals surface area contributed by atoms with E-state index in [1.54, 1.807) is 5.56 Å². The second-order valence-electron chi connectivity index (χ2n) is 10.5. The number of hydrogen-bond donors (Lipinski definition) is 0. The van der Waals surface area contributed by atoms with Crippen molar-refractivity contribution in [3.63, 3.8) is 0 Å². The minimum atomic E-state index is 0.443. The monoisotopic (exact) mass is 494 g/mol. The second-order valence-corrected chi connectivity index (χ2v) is 10.5. The van der Waals surface area contributed by atoms with Crippen molar-refractivity contribution in [2.24, 2.45) is 5.92 Å². The molecule has 1 saturated carbocycles. The van der Waals surface area contributed by atoms with Crippen LogP contribution in [0.4, 0.5) is 0 Å². The summed E-state index contributed by atoms with van der Waals surface area (Å²) in [6, 6.07) is 28.4. The maximum absolute atomic E-state index is 4.19. The predicted molar refractivity (Wildman–Crippen MR) is 167 cm³/mol. The number of benzene rings is 3. The van der Waals surface area contributed by atoms with Gasteiger partial charge in [0.05, 0.1) is 0 Å². The third kappa shape index (κ3) is 11.6. The fourth-order valence-corrected chi connectivity index (χ4v) is 4.76. The van der Waals surface area contributed by atoms with Gasteiger partial charge >= 0.3 is 0 Å². The maximum Gasteiger partial charge on any atom is -0.00697 e. The Hall–Kier alpha value is -3.12. The molecule has 0 unspecified atom stereocenters. The van der Waals surface area contributed by atoms with Gasteiger partial charge in [-0.1, -0.05) is 116 Å². The Labute approximate surface area is 228 Å². The first-order valence-electron chi connectivity index (χ1n) is 13.7. The van der Waals surface area contributed by atoms with Crippen molar-refractivity contribution in [2.45, 2.75) is 78.1 Å². The predicted octanol–water partition coefficient (Wildman–Crippen LogP) is 10.8. The van der Waals surface area contributed by atoms with Crippen LogP contribution in [-0.4, -0.2) is 0 Å². The molecule has 4 rings (SSSR count). The zero-order chi connectivity index (χ0) is 27.7. The molecule has 0 radical (unpaired) electrons. The molecule has 1 aliphatic rings. The van der Waals surface area contributed by atoms with Crippen LogP contribution in [0.25, 0.3) is 0 Å². The van der Waals surface area contributed by atoms with Crippen molar-refractivity contribution in [3.8, 4) is 0 Å². The number of rotatable bonds is 6. The van der Waals surface area contributed by atoms with Gasteiger partial charge in [-0.05, 0) is 86.8 Å². The second kappa shape index (κ2) is 17.4. The number of aryl methyl sites for hydroxylation is 3. The van der Waals surface area contributed by atoms with Gasteiger partial charge < -0.3 is 0 Å². The molecule has 0 amide bonds. The summed E-state index contributed by atoms with van der Waals surface area (Å²) in [4.78, 5) is 0. The molecule has 0 N–H and O–H groups in total. The zero-order valence-electron chi connectivity index (χ0n) is 24.1. The summed E-state index contributed by atoms with van der Waals surface area (Å²) in [5.74, 6) is 0.933. The SMILES string of the molecule is C=C.C=C.C=C(CCc1ccccc1)Cc1ccc(C)cc1.Cc1cccc(C2(C)CCC(C)CC2)c1. The molecule has 3 aromatic rings. The Balaban J connectivity index is 0.000000330. The average Bonchev–Trinajstić information content (AvgIpc) is 2.94. The fraction of sp³-hybridized carbons (Fsp3) is 0.351. The fourth-order valence-electron chi connectivity index (χ4n) is 4.76. The van der Waals surface area contributed by atoms with Crippen LogP contribution in [0.3, 0.4) is 0 Å². The normalized spacial score (nSPS) is 18.0. The summed E-state index contributed by atoms with van der Waals surface area (Å²) in [5, 5.41) is 0. The zero-order valence-corrected chi connectivity index (χ0v) is 24.1. The Morgan fingerprint density at radius 2 is 1.35 bits per heavy atom. The molecule has 0 nitrogen and oxygen atoms in total. The lowest BCUT2D eigenvalue weighted by molar-refractivity contribution is 0.260. The van der Waals surface area contributed by atoms with Gasteiger partial charge in [0.1, 0.15) is 0 Å². The average molecular weight is 495 g/mol. The molecular formula is C37H50. The molecule has 1 fully saturated rings. The summed E-state index contributed by atoms with van der Waals surface area (Å²) >= 11 is 0. The minimum Gasteiger partial charge on any atom is -0.106 e. The Morgan fingerprint density at radius 1 is 0.757 bits per heavy atom. The lowest BCUT2D eigenvalue weighted by atomic mass is 9.68. The van der Waals surface area contributed by atoms with Gasteiger partial charge in [0, 0.05) is 0 Å². The molecule has 0 heteroatoms. The quantitative estimate of drug-likeness (QED) is 0.299. The lowest BCUT2D eigenvalue weighted by Gasteiger charge is -2.37. The molecular weight excluding hydrogens is 444 g/mol. The van der Waals surface area contributed by atoms with E-state index in [9.17, 15) is 0 Å². The van der Waals surface area contributed by atoms with Crippen LogP contribution >= 0.6 is 0 Å². The first-order chi connectivity index (χ1) is 17.8. The molecule has 0 bridgehead atoms. The lowest BCUT2D eigenvalue weighted by Crippen LogP contribution is -2.27. The van der Waals surface area contributed by atoms with E-state index in [1.165, 1.54) is 53.5 Å². The van der Waals surface area contributed by atoms with Gasteiger partial charge in [-0.15, -0.1) is 26.3 Å². The van der Waals surface area contributed by atoms with E-state index in [4.69, 9.17) is 0 Å². The smallest absolute Gasteiger partial charge is 0.00697 e. The molecule has 1 aliphatic carbocycles. The molecule has 198 valence electrons. The molecule has 0 spiro atoms. The van der Waals surface area contributed by atoms with Crippen molar-refractivity contribution >= 4 is 0 Å². The third-order valence-electron chi connectivity index (χ3n) is 7.28. The molecule has 0 heterocycles. The largest absolute Gasteiger partial charge is 0.106 e. The van der Waals surface area contributed by atoms with Crippen LogP contribution in [0.1, 0.15) is 73.8 Å². The van der Waals surface area contributed by atoms with Gasteiger partial charge in [-0.2, -0.15) is 0 Å². The third-order valence-corrected chi connectivity index (χ3v) is 7.28. The summed E-state index contributed by atoms with van der Waals surface area (Å²) in [7, 11) is 0. The van der Waals surface area contributed by atoms with E-state index in [1.807, 2.05) is 0 Å². The highest BCUT2D eigenvalue weighted by molar-refractivity contribution is 5.29. The van der Waals surface area contributed by atoms with Crippen molar-refractivity contribution in [1.82, 2.24) is 0 Å². The van der Waals surface area contributed by atoms with Crippen molar-refractivity contribution < 1.29 is 0 Å². The Bertz CT molecular complexity index is 1020. The van der Waals surface area contributed by atoms with Gasteiger partial charge in [0.25, 0.3) is 0 Å². The summed E-state index contributed by atoms with van der Waals surface area (Å²) in [6.07, 6.45) is 8.65. The van der Waals surface area contributed by atoms with Crippen LogP contribution in [0.2, 0.25) is 0 Å². The highest BCUT2D eigenvalue weighted by Crippen LogP contribution is 2.41. The first-order valence-corrected chi connectivity index (χ1v) is 13.7. The molecule has 0 aliphatic heterocycles. The highest BCUT2D eigenvalue weighted by Gasteiger charge is 2.30. The van der Waals surface area contributed by atoms with Crippen molar-refractivity contribution in [2.75, 3.05) is 0 Å². The topological polar surface area (TPSA) is 0 Å². The van der Waals surface area contributed by atoms with Crippen LogP contribution in [-0.2, 0) is 18.3 Å². The van der Waals surface area contributed by atoms with E-state index in [0.717, 1.165) is 25.2 Å². The summed E-state index contributed by atoms with van der Waals surface area (Å²) in [5.41, 5.74) is 8.76. The van der Waals surface area contributed by atoms with Crippen molar-refractivity contribution in [1.29, 1.82) is 0 Å². The van der Waals surface area contributed by atoms with Gasteiger partial charge in [-0.3, -0.25) is 0 Å². The molecule has 0 atom stereocenters. The molecule has 0 aromatic heterocycles. The van der Waals surface area contributed by atoms with Crippen molar-refractivity contribution in [3.05, 3.63) is 145 Å². The van der Waals surface area contributed by atoms with E-state index in [0.29, 0.717) is 5.41 Å². The highest BCUT2D eigenvalue weighted by atomic mass is 14.4. The first kappa shape index (κ1) is 31.9. The summed E-state index contributed by atoms with van der Waals surface area (Å²) in [6.45, 7) is 25.3. The Kier molecular flexibility index (Phi) is 15.0. The van der Waals surface area contributed by atoms with Crippen LogP contribution in [0.15, 0.2) is 117 Å². The molecule has 0 saturated heterocycles. The van der Waals surface area contributed by atoms with Crippen LogP contribution in [0, 0.1) is 19.8 Å². The van der Waals surface area contributed by atoms with E-state index < -0.39 is 0 Å². The maximum atomic E-state index is 4.19. The standard InChI is InChI=1S/C18H20.C15H22.2C2H4/c1-15-8-12-18(13-9-15)14-16(2)10-11-17-6-4-3-5-7-17;1-12-7-9-15(3,10-8-12)14-6-4-5-13(2)11-14;2*1-2/h3-9,12-13H,2,10-11,14H2,1H3;4-6,11-12H,7-10H2,1-3H3;2*1-2H2. The van der Waals surface area contributed by atoms with Gasteiger partial charge in [0.2, 0.25) is 0 Å².